The minimum absolute atomic E-state index is 0.0116. The second-order valence-electron chi connectivity index (χ2n) is 7.74. The molecule has 0 amide bonds. The second-order valence-corrected chi connectivity index (χ2v) is 7.74. The van der Waals surface area contributed by atoms with Gasteiger partial charge in [-0.2, -0.15) is 0 Å². The molecule has 5 nitrogen and oxygen atoms in total. The molecule has 0 spiro atoms. The van der Waals surface area contributed by atoms with Gasteiger partial charge >= 0.3 is 0 Å². The lowest BCUT2D eigenvalue weighted by atomic mass is 10.1. The van der Waals surface area contributed by atoms with E-state index in [0.29, 0.717) is 6.61 Å². The molecule has 0 bridgehead atoms. The van der Waals surface area contributed by atoms with Gasteiger partial charge in [0, 0.05) is 6.42 Å². The quantitative estimate of drug-likeness (QED) is 0.242. The first kappa shape index (κ1) is 24.3. The van der Waals surface area contributed by atoms with Crippen molar-refractivity contribution < 1.29 is 19.0 Å². The van der Waals surface area contributed by atoms with Gasteiger partial charge in [-0.15, -0.1) is 0 Å². The van der Waals surface area contributed by atoms with Crippen LogP contribution in [0.25, 0.3) is 0 Å². The number of aryl methyl sites for hydroxylation is 2. The van der Waals surface area contributed by atoms with E-state index in [0.717, 1.165) is 46.1 Å². The van der Waals surface area contributed by atoms with Crippen LogP contribution in [0.5, 0.6) is 17.2 Å². The third-order valence-electron chi connectivity index (χ3n) is 4.84. The topological polar surface area (TPSA) is 49.3 Å². The van der Waals surface area contributed by atoms with Gasteiger partial charge in [0.05, 0.1) is 17.9 Å². The van der Waals surface area contributed by atoms with E-state index >= 15 is 0 Å². The van der Waals surface area contributed by atoms with Gasteiger partial charge in [0.1, 0.15) is 31.0 Å². The number of ether oxygens (including phenoxy) is 3. The van der Waals surface area contributed by atoms with Crippen LogP contribution in [0.2, 0.25) is 0 Å². The molecule has 0 radical (unpaired) electrons. The number of hydrogen-bond donors (Lipinski definition) is 0. The molecule has 0 saturated heterocycles. The first-order valence-corrected chi connectivity index (χ1v) is 10.7. The lowest BCUT2D eigenvalue weighted by molar-refractivity contribution is 0.129. The Morgan fingerprint density at radius 2 is 1.58 bits per heavy atom. The monoisotopic (exact) mass is 425 g/mol. The van der Waals surface area contributed by atoms with Crippen LogP contribution >= 0.6 is 0 Å². The first-order valence-electron chi connectivity index (χ1n) is 10.7. The molecule has 2 aromatic rings. The van der Waals surface area contributed by atoms with Gasteiger partial charge in [0.2, 0.25) is 0 Å². The van der Waals surface area contributed by atoms with Crippen LogP contribution in [-0.2, 0) is 4.84 Å². The maximum absolute atomic E-state index is 6.26. The molecule has 2 unspecified atom stereocenters. The fourth-order valence-electron chi connectivity index (χ4n) is 3.38. The van der Waals surface area contributed by atoms with Crippen LogP contribution < -0.4 is 14.2 Å². The number of nitrogens with zero attached hydrogens (tertiary/aromatic N) is 1. The lowest BCUT2D eigenvalue weighted by Crippen LogP contribution is -2.23. The maximum Gasteiger partial charge on any atom is 0.125 e. The van der Waals surface area contributed by atoms with Gasteiger partial charge < -0.3 is 19.0 Å². The van der Waals surface area contributed by atoms with Crippen molar-refractivity contribution >= 4 is 5.71 Å². The molecular weight excluding hydrogens is 390 g/mol. The average Bonchev–Trinajstić information content (AvgIpc) is 2.71. The molecule has 0 aromatic heterocycles. The van der Waals surface area contributed by atoms with Crippen molar-refractivity contribution in [2.45, 2.75) is 60.2 Å². The van der Waals surface area contributed by atoms with Gasteiger partial charge in [0.15, 0.2) is 0 Å². The first-order chi connectivity index (χ1) is 14.8. The van der Waals surface area contributed by atoms with Crippen LogP contribution in [0.15, 0.2) is 53.7 Å². The van der Waals surface area contributed by atoms with E-state index in [-0.39, 0.29) is 12.2 Å². The Balaban J connectivity index is 1.93. The van der Waals surface area contributed by atoms with Gasteiger partial charge in [-0.3, -0.25) is 0 Å². The summed E-state index contributed by atoms with van der Waals surface area (Å²) in [6.07, 6.45) is 4.76. The summed E-state index contributed by atoms with van der Waals surface area (Å²) in [5.41, 5.74) is 3.97. The highest BCUT2D eigenvalue weighted by Gasteiger charge is 2.15. The fraction of sp³-hybridized carbons (Fsp3) is 0.423. The molecule has 0 aliphatic rings. The van der Waals surface area contributed by atoms with Crippen LogP contribution in [0.1, 0.15) is 50.8 Å². The third-order valence-corrected chi connectivity index (χ3v) is 4.84. The summed E-state index contributed by atoms with van der Waals surface area (Å²) in [4.78, 5) is 4.82. The van der Waals surface area contributed by atoms with Crippen molar-refractivity contribution in [3.63, 3.8) is 0 Å². The Hall–Kier alpha value is -2.95. The summed E-state index contributed by atoms with van der Waals surface area (Å²) in [6.45, 7) is 12.7. The Morgan fingerprint density at radius 3 is 2.16 bits per heavy atom. The van der Waals surface area contributed by atoms with E-state index in [9.17, 15) is 0 Å². The molecule has 31 heavy (non-hydrogen) atoms. The van der Waals surface area contributed by atoms with Crippen molar-refractivity contribution in [1.29, 1.82) is 0 Å². The van der Waals surface area contributed by atoms with Gasteiger partial charge in [-0.25, -0.2) is 0 Å². The Bertz CT molecular complexity index is 864. The summed E-state index contributed by atoms with van der Waals surface area (Å²) in [6, 6.07) is 11.9. The number of benzene rings is 2. The van der Waals surface area contributed by atoms with Crippen LogP contribution in [0.3, 0.4) is 0 Å². The van der Waals surface area contributed by atoms with E-state index in [1.807, 2.05) is 76.2 Å². The number of oxime groups is 1. The molecule has 0 fully saturated rings. The molecule has 0 saturated carbocycles. The fourth-order valence-corrected chi connectivity index (χ4v) is 3.38. The molecule has 168 valence electrons. The van der Waals surface area contributed by atoms with Gasteiger partial charge in [-0.1, -0.05) is 17.3 Å². The van der Waals surface area contributed by atoms with E-state index in [2.05, 4.69) is 19.0 Å². The molecule has 2 atom stereocenters. The van der Waals surface area contributed by atoms with Crippen LogP contribution in [0, 0.1) is 13.8 Å². The van der Waals surface area contributed by atoms with Gasteiger partial charge in [0.25, 0.3) is 0 Å². The number of allylic oxidation sites excluding steroid dienone is 1. The summed E-state index contributed by atoms with van der Waals surface area (Å²) in [5, 5.41) is 3.95. The zero-order valence-corrected chi connectivity index (χ0v) is 19.8. The largest absolute Gasteiger partial charge is 0.491 e. The predicted molar refractivity (Wildman–Crippen MR) is 127 cm³/mol. The van der Waals surface area contributed by atoms with Crippen LogP contribution in [0.4, 0.5) is 0 Å². The Labute approximate surface area is 186 Å². The normalized spacial score (nSPS) is 13.7. The minimum atomic E-state index is 0.0116. The maximum atomic E-state index is 6.26. The Kier molecular flexibility index (Phi) is 9.44. The van der Waals surface area contributed by atoms with E-state index in [4.69, 9.17) is 19.0 Å². The average molecular weight is 426 g/mol. The van der Waals surface area contributed by atoms with Gasteiger partial charge in [-0.05, 0) is 94.6 Å². The SMILES string of the molecule is C/C=C/COc1cc(C)c(OC(C)CC(C)Oc2ccc(/C(C)=N/OC)cc2)c(C)c1. The van der Waals surface area contributed by atoms with E-state index < -0.39 is 0 Å². The van der Waals surface area contributed by atoms with Crippen molar-refractivity contribution in [3.05, 3.63) is 65.2 Å². The lowest BCUT2D eigenvalue weighted by Gasteiger charge is -2.22. The zero-order chi connectivity index (χ0) is 22.8. The van der Waals surface area contributed by atoms with Crippen molar-refractivity contribution in [2.75, 3.05) is 13.7 Å². The van der Waals surface area contributed by atoms with Crippen molar-refractivity contribution in [2.24, 2.45) is 5.16 Å². The van der Waals surface area contributed by atoms with Crippen LogP contribution in [-0.4, -0.2) is 31.6 Å². The molecule has 0 N–H and O–H groups in total. The minimum Gasteiger partial charge on any atom is -0.491 e. The molecule has 5 heteroatoms. The predicted octanol–water partition coefficient (Wildman–Crippen LogP) is 6.25. The third kappa shape index (κ3) is 7.67. The summed E-state index contributed by atoms with van der Waals surface area (Å²) in [5.74, 6) is 2.60. The molecule has 2 rings (SSSR count). The summed E-state index contributed by atoms with van der Waals surface area (Å²) < 4.78 is 18.1. The zero-order valence-electron chi connectivity index (χ0n) is 19.8. The molecule has 0 aliphatic heterocycles. The summed E-state index contributed by atoms with van der Waals surface area (Å²) in [7, 11) is 1.54. The highest BCUT2D eigenvalue weighted by Crippen LogP contribution is 2.30. The highest BCUT2D eigenvalue weighted by atomic mass is 16.6. The number of hydrogen-bond acceptors (Lipinski definition) is 5. The second kappa shape index (κ2) is 12.0. The van der Waals surface area contributed by atoms with Crippen molar-refractivity contribution in [3.8, 4) is 17.2 Å². The highest BCUT2D eigenvalue weighted by molar-refractivity contribution is 5.98. The molecular formula is C26H35NO4. The standard InChI is InChI=1S/C26H35NO4/c1-8-9-14-29-25-15-18(2)26(19(3)16-25)31-21(5)17-20(4)30-24-12-10-23(11-13-24)22(6)27-28-7/h8-13,15-16,20-21H,14,17H2,1-7H3/b9-8+,27-22+. The molecule has 0 aliphatic carbocycles. The number of rotatable bonds is 11. The van der Waals surface area contributed by atoms with E-state index in [1.165, 1.54) is 0 Å². The Morgan fingerprint density at radius 1 is 0.968 bits per heavy atom. The van der Waals surface area contributed by atoms with Crippen molar-refractivity contribution in [1.82, 2.24) is 0 Å². The smallest absolute Gasteiger partial charge is 0.125 e. The molecule has 0 heterocycles. The summed E-state index contributed by atoms with van der Waals surface area (Å²) >= 11 is 0. The molecule has 2 aromatic carbocycles. The van der Waals surface area contributed by atoms with E-state index in [1.54, 1.807) is 7.11 Å².